The minimum absolute atomic E-state index is 0.0944. The first-order valence-electron chi connectivity index (χ1n) is 6.51. The van der Waals surface area contributed by atoms with Crippen molar-refractivity contribution in [3.05, 3.63) is 18.2 Å². The monoisotopic (exact) mass is 316 g/mol. The zero-order valence-electron chi connectivity index (χ0n) is 11.6. The van der Waals surface area contributed by atoms with Crippen LogP contribution in [-0.4, -0.2) is 32.6 Å². The van der Waals surface area contributed by atoms with Crippen molar-refractivity contribution >= 4 is 27.5 Å². The number of ether oxygens (including phenoxy) is 1. The van der Waals surface area contributed by atoms with Crippen LogP contribution in [-0.2, 0) is 10.0 Å². The molecule has 0 bridgehead atoms. The highest BCUT2D eigenvalue weighted by atomic mass is 32.2. The molecule has 2 rings (SSSR count). The van der Waals surface area contributed by atoms with Crippen LogP contribution in [0.5, 0.6) is 5.75 Å². The van der Waals surface area contributed by atoms with Crippen LogP contribution in [0.1, 0.15) is 19.8 Å². The molecule has 7 heteroatoms. The van der Waals surface area contributed by atoms with Gasteiger partial charge in [-0.1, -0.05) is 6.92 Å². The third kappa shape index (κ3) is 3.59. The van der Waals surface area contributed by atoms with E-state index in [0.29, 0.717) is 22.7 Å². The smallest absolute Gasteiger partial charge is 0.238 e. The minimum atomic E-state index is -3.71. The van der Waals surface area contributed by atoms with Gasteiger partial charge in [0.1, 0.15) is 5.75 Å². The second kappa shape index (κ2) is 6.24. The SMILES string of the molecule is COc1ccc(S(N)(=O)=O)cc1NC1CCCSC1C. The summed E-state index contributed by atoms with van der Waals surface area (Å²) in [6, 6.07) is 4.93. The van der Waals surface area contributed by atoms with Gasteiger partial charge < -0.3 is 10.1 Å². The molecule has 1 aromatic carbocycles. The zero-order chi connectivity index (χ0) is 14.8. The van der Waals surface area contributed by atoms with Gasteiger partial charge >= 0.3 is 0 Å². The lowest BCUT2D eigenvalue weighted by Crippen LogP contribution is -2.33. The predicted octanol–water partition coefficient (Wildman–Crippen LogP) is 2.04. The van der Waals surface area contributed by atoms with Gasteiger partial charge in [0.05, 0.1) is 17.7 Å². The van der Waals surface area contributed by atoms with E-state index in [1.165, 1.54) is 11.8 Å². The van der Waals surface area contributed by atoms with E-state index in [-0.39, 0.29) is 4.90 Å². The quantitative estimate of drug-likeness (QED) is 0.888. The molecule has 1 aromatic rings. The first-order valence-corrected chi connectivity index (χ1v) is 9.10. The highest BCUT2D eigenvalue weighted by Gasteiger charge is 2.23. The van der Waals surface area contributed by atoms with Crippen LogP contribution >= 0.6 is 11.8 Å². The number of rotatable bonds is 4. The first kappa shape index (κ1) is 15.5. The van der Waals surface area contributed by atoms with E-state index in [4.69, 9.17) is 9.88 Å². The van der Waals surface area contributed by atoms with Gasteiger partial charge in [-0.3, -0.25) is 0 Å². The molecular weight excluding hydrogens is 296 g/mol. The van der Waals surface area contributed by atoms with E-state index in [9.17, 15) is 8.42 Å². The first-order chi connectivity index (χ1) is 9.41. The van der Waals surface area contributed by atoms with Crippen molar-refractivity contribution < 1.29 is 13.2 Å². The van der Waals surface area contributed by atoms with Crippen molar-refractivity contribution in [2.45, 2.75) is 36.0 Å². The molecule has 2 unspecified atom stereocenters. The fourth-order valence-corrected chi connectivity index (χ4v) is 3.97. The normalized spacial score (nSPS) is 23.4. The molecule has 0 amide bonds. The number of benzene rings is 1. The Morgan fingerprint density at radius 3 is 2.80 bits per heavy atom. The van der Waals surface area contributed by atoms with Crippen LogP contribution in [0.2, 0.25) is 0 Å². The van der Waals surface area contributed by atoms with Crippen molar-refractivity contribution in [3.8, 4) is 5.75 Å². The number of sulfonamides is 1. The summed E-state index contributed by atoms with van der Waals surface area (Å²) in [6.07, 6.45) is 2.22. The summed E-state index contributed by atoms with van der Waals surface area (Å²) in [6.45, 7) is 2.18. The molecule has 5 nitrogen and oxygen atoms in total. The Kier molecular flexibility index (Phi) is 4.82. The van der Waals surface area contributed by atoms with E-state index in [1.807, 2.05) is 11.8 Å². The fraction of sp³-hybridized carbons (Fsp3) is 0.538. The van der Waals surface area contributed by atoms with Crippen molar-refractivity contribution in [2.75, 3.05) is 18.2 Å². The fourth-order valence-electron chi connectivity index (χ4n) is 2.29. The third-order valence-corrected chi connectivity index (χ3v) is 5.74. The van der Waals surface area contributed by atoms with Crippen molar-refractivity contribution in [1.82, 2.24) is 0 Å². The summed E-state index contributed by atoms with van der Waals surface area (Å²) in [5.41, 5.74) is 0.679. The summed E-state index contributed by atoms with van der Waals surface area (Å²) in [4.78, 5) is 0.0944. The molecule has 0 aliphatic carbocycles. The molecule has 0 spiro atoms. The Labute approximate surface area is 124 Å². The molecule has 3 N–H and O–H groups in total. The van der Waals surface area contributed by atoms with E-state index in [1.54, 1.807) is 19.2 Å². The largest absolute Gasteiger partial charge is 0.495 e. The van der Waals surface area contributed by atoms with Gasteiger partial charge in [0, 0.05) is 11.3 Å². The maximum atomic E-state index is 11.4. The average molecular weight is 316 g/mol. The highest BCUT2D eigenvalue weighted by Crippen LogP contribution is 2.32. The van der Waals surface area contributed by atoms with Gasteiger partial charge in [-0.15, -0.1) is 0 Å². The molecule has 1 saturated heterocycles. The second-order valence-electron chi connectivity index (χ2n) is 4.88. The molecule has 1 heterocycles. The van der Waals surface area contributed by atoms with E-state index in [0.717, 1.165) is 12.8 Å². The minimum Gasteiger partial charge on any atom is -0.495 e. The number of hydrogen-bond donors (Lipinski definition) is 2. The maximum Gasteiger partial charge on any atom is 0.238 e. The molecule has 20 heavy (non-hydrogen) atoms. The van der Waals surface area contributed by atoms with Crippen molar-refractivity contribution in [1.29, 1.82) is 0 Å². The number of hydrogen-bond acceptors (Lipinski definition) is 5. The van der Waals surface area contributed by atoms with E-state index < -0.39 is 10.0 Å². The van der Waals surface area contributed by atoms with Crippen LogP contribution in [0.3, 0.4) is 0 Å². The van der Waals surface area contributed by atoms with E-state index >= 15 is 0 Å². The molecule has 1 aliphatic rings. The summed E-state index contributed by atoms with van der Waals surface area (Å²) in [5.74, 6) is 1.80. The Morgan fingerprint density at radius 1 is 1.45 bits per heavy atom. The molecular formula is C13H20N2O3S2. The number of nitrogens with two attached hydrogens (primary N) is 1. The standard InChI is InChI=1S/C13H20N2O3S2/c1-9-11(4-3-7-19-9)15-12-8-10(20(14,16)17)5-6-13(12)18-2/h5-6,8-9,11,15H,3-4,7H2,1-2H3,(H2,14,16,17). The third-order valence-electron chi connectivity index (χ3n) is 3.45. The van der Waals surface area contributed by atoms with Crippen molar-refractivity contribution in [2.24, 2.45) is 5.14 Å². The van der Waals surface area contributed by atoms with Crippen LogP contribution in [0, 0.1) is 0 Å². The Hall–Kier alpha value is -0.920. The molecule has 2 atom stereocenters. The topological polar surface area (TPSA) is 81.4 Å². The number of anilines is 1. The van der Waals surface area contributed by atoms with Crippen LogP contribution in [0.25, 0.3) is 0 Å². The van der Waals surface area contributed by atoms with Gasteiger partial charge in [-0.25, -0.2) is 13.6 Å². The predicted molar refractivity (Wildman–Crippen MR) is 82.9 cm³/mol. The van der Waals surface area contributed by atoms with Crippen molar-refractivity contribution in [3.63, 3.8) is 0 Å². The molecule has 112 valence electrons. The number of nitrogens with one attached hydrogen (secondary N) is 1. The summed E-state index contributed by atoms with van der Waals surface area (Å²) >= 11 is 1.92. The second-order valence-corrected chi connectivity index (χ2v) is 7.92. The highest BCUT2D eigenvalue weighted by molar-refractivity contribution is 8.00. The maximum absolute atomic E-state index is 11.4. The number of thioether (sulfide) groups is 1. The lowest BCUT2D eigenvalue weighted by Gasteiger charge is -2.30. The summed E-state index contributed by atoms with van der Waals surface area (Å²) in [7, 11) is -2.14. The Balaban J connectivity index is 2.28. The van der Waals surface area contributed by atoms with Gasteiger partial charge in [0.25, 0.3) is 0 Å². The molecule has 1 fully saturated rings. The van der Waals surface area contributed by atoms with Gasteiger partial charge in [-0.05, 0) is 36.8 Å². The Bertz CT molecular complexity index is 575. The van der Waals surface area contributed by atoms with Gasteiger partial charge in [0.2, 0.25) is 10.0 Å². The van der Waals surface area contributed by atoms with Gasteiger partial charge in [0.15, 0.2) is 0 Å². The molecule has 0 saturated carbocycles. The van der Waals surface area contributed by atoms with Crippen LogP contribution in [0.4, 0.5) is 5.69 Å². The van der Waals surface area contributed by atoms with Gasteiger partial charge in [-0.2, -0.15) is 11.8 Å². The molecule has 0 radical (unpaired) electrons. The summed E-state index contributed by atoms with van der Waals surface area (Å²) < 4.78 is 28.2. The summed E-state index contributed by atoms with van der Waals surface area (Å²) in [5, 5.41) is 9.05. The van der Waals surface area contributed by atoms with Crippen LogP contribution in [0.15, 0.2) is 23.1 Å². The Morgan fingerprint density at radius 2 is 2.20 bits per heavy atom. The lowest BCUT2D eigenvalue weighted by molar-refractivity contribution is 0.415. The molecule has 0 aromatic heterocycles. The lowest BCUT2D eigenvalue weighted by atomic mass is 10.1. The molecule has 1 aliphatic heterocycles. The van der Waals surface area contributed by atoms with E-state index in [2.05, 4.69) is 12.2 Å². The average Bonchev–Trinajstić information content (AvgIpc) is 2.40. The number of primary sulfonamides is 1. The number of methoxy groups -OCH3 is 1. The van der Waals surface area contributed by atoms with Crippen LogP contribution < -0.4 is 15.2 Å². The zero-order valence-corrected chi connectivity index (χ0v) is 13.3.